The van der Waals surface area contributed by atoms with Gasteiger partial charge >= 0.3 is 0 Å². The SMILES string of the molecule is CCc1nn(C)c(CC)c1CNC(=NC)NCC(C)Sc1ccccc1.I. The van der Waals surface area contributed by atoms with E-state index in [0.29, 0.717) is 5.25 Å². The Morgan fingerprint density at radius 1 is 1.19 bits per heavy atom. The molecule has 0 saturated carbocycles. The number of rotatable bonds is 8. The Bertz CT molecular complexity index is 715. The molecule has 0 amide bonds. The van der Waals surface area contributed by atoms with Gasteiger partial charge in [0.15, 0.2) is 5.96 Å². The van der Waals surface area contributed by atoms with E-state index >= 15 is 0 Å². The summed E-state index contributed by atoms with van der Waals surface area (Å²) in [5.74, 6) is 0.832. The Balaban J connectivity index is 0.00000364. The van der Waals surface area contributed by atoms with Gasteiger partial charge in [-0.25, -0.2) is 0 Å². The number of thioether (sulfide) groups is 1. The van der Waals surface area contributed by atoms with Crippen molar-refractivity contribution >= 4 is 41.7 Å². The highest BCUT2D eigenvalue weighted by Gasteiger charge is 2.14. The molecule has 1 aromatic carbocycles. The van der Waals surface area contributed by atoms with Crippen LogP contribution in [0.4, 0.5) is 0 Å². The third-order valence-corrected chi connectivity index (χ3v) is 5.43. The number of halogens is 1. The average Bonchev–Trinajstić information content (AvgIpc) is 2.97. The van der Waals surface area contributed by atoms with Crippen molar-refractivity contribution in [2.45, 2.75) is 50.3 Å². The number of aryl methyl sites for hydroxylation is 2. The van der Waals surface area contributed by atoms with Gasteiger partial charge in [-0.1, -0.05) is 39.0 Å². The van der Waals surface area contributed by atoms with Crippen LogP contribution < -0.4 is 10.6 Å². The molecule has 1 heterocycles. The number of nitrogens with one attached hydrogen (secondary N) is 2. The highest BCUT2D eigenvalue weighted by Crippen LogP contribution is 2.22. The first-order valence-electron chi connectivity index (χ1n) is 9.28. The first-order chi connectivity index (χ1) is 12.6. The van der Waals surface area contributed by atoms with Gasteiger partial charge in [-0.15, -0.1) is 35.7 Å². The van der Waals surface area contributed by atoms with Crippen LogP contribution in [0.5, 0.6) is 0 Å². The zero-order valence-corrected chi connectivity index (χ0v) is 20.1. The molecule has 2 N–H and O–H groups in total. The van der Waals surface area contributed by atoms with Gasteiger partial charge in [0.2, 0.25) is 0 Å². The average molecular weight is 501 g/mol. The minimum Gasteiger partial charge on any atom is -0.355 e. The molecule has 1 atom stereocenters. The van der Waals surface area contributed by atoms with Crippen LogP contribution in [0.2, 0.25) is 0 Å². The molecule has 27 heavy (non-hydrogen) atoms. The fourth-order valence-corrected chi connectivity index (χ4v) is 3.95. The van der Waals surface area contributed by atoms with Gasteiger partial charge in [0, 0.05) is 48.6 Å². The highest BCUT2D eigenvalue weighted by molar-refractivity contribution is 14.0. The standard InChI is InChI=1S/C20H31N5S.HI/c1-6-18-17(19(7-2)25(5)24-18)14-23-20(21-4)22-13-15(3)26-16-11-9-8-10-12-16;/h8-12,15H,6-7,13-14H2,1-5H3,(H2,21,22,23);1H. The molecule has 2 aromatic rings. The second-order valence-electron chi connectivity index (χ2n) is 6.25. The fraction of sp³-hybridized carbons (Fsp3) is 0.500. The van der Waals surface area contributed by atoms with Gasteiger partial charge in [-0.05, 0) is 25.0 Å². The number of guanidine groups is 1. The topological polar surface area (TPSA) is 54.2 Å². The molecule has 0 aliphatic rings. The molecular formula is C20H32IN5S. The van der Waals surface area contributed by atoms with Crippen molar-refractivity contribution in [3.63, 3.8) is 0 Å². The second-order valence-corrected chi connectivity index (χ2v) is 7.76. The van der Waals surface area contributed by atoms with E-state index in [0.717, 1.165) is 31.9 Å². The lowest BCUT2D eigenvalue weighted by Crippen LogP contribution is -2.39. The zero-order valence-electron chi connectivity index (χ0n) is 17.0. The smallest absolute Gasteiger partial charge is 0.191 e. The molecule has 1 unspecified atom stereocenters. The maximum absolute atomic E-state index is 4.64. The Morgan fingerprint density at radius 3 is 2.48 bits per heavy atom. The normalized spacial score (nSPS) is 12.4. The number of aliphatic imine (C=N–C) groups is 1. The lowest BCUT2D eigenvalue weighted by atomic mass is 10.1. The molecule has 2 rings (SSSR count). The van der Waals surface area contributed by atoms with Crippen molar-refractivity contribution < 1.29 is 0 Å². The molecule has 7 heteroatoms. The summed E-state index contributed by atoms with van der Waals surface area (Å²) in [6.45, 7) is 8.16. The molecule has 0 spiro atoms. The number of nitrogens with zero attached hydrogens (tertiary/aromatic N) is 3. The fourth-order valence-electron chi connectivity index (χ4n) is 3.00. The van der Waals surface area contributed by atoms with Gasteiger partial charge < -0.3 is 10.6 Å². The van der Waals surface area contributed by atoms with Crippen LogP contribution in [0, 0.1) is 0 Å². The minimum absolute atomic E-state index is 0. The van der Waals surface area contributed by atoms with Crippen LogP contribution in [-0.4, -0.2) is 34.6 Å². The van der Waals surface area contributed by atoms with Crippen LogP contribution in [-0.2, 0) is 26.4 Å². The van der Waals surface area contributed by atoms with E-state index in [1.54, 1.807) is 0 Å². The van der Waals surface area contributed by atoms with Crippen molar-refractivity contribution in [1.29, 1.82) is 0 Å². The molecule has 0 aliphatic carbocycles. The van der Waals surface area contributed by atoms with Crippen molar-refractivity contribution in [3.05, 3.63) is 47.3 Å². The summed E-state index contributed by atoms with van der Waals surface area (Å²) in [5.41, 5.74) is 3.75. The van der Waals surface area contributed by atoms with E-state index in [4.69, 9.17) is 0 Å². The van der Waals surface area contributed by atoms with Gasteiger partial charge in [0.05, 0.1) is 5.69 Å². The monoisotopic (exact) mass is 501 g/mol. The van der Waals surface area contributed by atoms with Gasteiger partial charge in [0.1, 0.15) is 0 Å². The van der Waals surface area contributed by atoms with E-state index in [1.807, 2.05) is 36.6 Å². The largest absolute Gasteiger partial charge is 0.355 e. The summed E-state index contributed by atoms with van der Waals surface area (Å²) in [5, 5.41) is 12.0. The lowest BCUT2D eigenvalue weighted by Gasteiger charge is -2.16. The predicted octanol–water partition coefficient (Wildman–Crippen LogP) is 4.01. The van der Waals surface area contributed by atoms with Crippen LogP contribution in [0.1, 0.15) is 37.7 Å². The number of aromatic nitrogens is 2. The van der Waals surface area contributed by atoms with E-state index in [2.05, 4.69) is 65.8 Å². The summed E-state index contributed by atoms with van der Waals surface area (Å²) in [7, 11) is 3.84. The number of benzene rings is 1. The molecule has 150 valence electrons. The summed E-state index contributed by atoms with van der Waals surface area (Å²) in [6, 6.07) is 10.5. The molecular weight excluding hydrogens is 469 g/mol. The van der Waals surface area contributed by atoms with Crippen molar-refractivity contribution in [2.24, 2.45) is 12.0 Å². The zero-order chi connectivity index (χ0) is 18.9. The molecule has 5 nitrogen and oxygen atoms in total. The van der Waals surface area contributed by atoms with Gasteiger partial charge in [0.25, 0.3) is 0 Å². The van der Waals surface area contributed by atoms with E-state index in [-0.39, 0.29) is 24.0 Å². The van der Waals surface area contributed by atoms with Crippen molar-refractivity contribution in [3.8, 4) is 0 Å². The molecule has 0 aliphatic heterocycles. The molecule has 0 radical (unpaired) electrons. The molecule has 0 fully saturated rings. The number of hydrogen-bond donors (Lipinski definition) is 2. The Morgan fingerprint density at radius 2 is 1.89 bits per heavy atom. The van der Waals surface area contributed by atoms with Crippen molar-refractivity contribution in [2.75, 3.05) is 13.6 Å². The molecule has 1 aromatic heterocycles. The van der Waals surface area contributed by atoms with Crippen LogP contribution in [0.15, 0.2) is 40.2 Å². The predicted molar refractivity (Wildman–Crippen MR) is 127 cm³/mol. The Kier molecular flexibility index (Phi) is 10.8. The van der Waals surface area contributed by atoms with Crippen LogP contribution >= 0.6 is 35.7 Å². The third kappa shape index (κ3) is 7.03. The van der Waals surface area contributed by atoms with E-state index in [9.17, 15) is 0 Å². The van der Waals surface area contributed by atoms with E-state index < -0.39 is 0 Å². The summed E-state index contributed by atoms with van der Waals surface area (Å²) in [4.78, 5) is 5.65. The van der Waals surface area contributed by atoms with Crippen LogP contribution in [0.3, 0.4) is 0 Å². The maximum Gasteiger partial charge on any atom is 0.191 e. The number of hydrogen-bond acceptors (Lipinski definition) is 3. The summed E-state index contributed by atoms with van der Waals surface area (Å²) < 4.78 is 2.00. The maximum atomic E-state index is 4.64. The van der Waals surface area contributed by atoms with E-state index in [1.165, 1.54) is 21.8 Å². The summed E-state index contributed by atoms with van der Waals surface area (Å²) in [6.07, 6.45) is 1.93. The van der Waals surface area contributed by atoms with Gasteiger partial charge in [-0.2, -0.15) is 5.10 Å². The second kappa shape index (κ2) is 12.3. The Labute approximate surface area is 184 Å². The van der Waals surface area contributed by atoms with Crippen molar-refractivity contribution in [1.82, 2.24) is 20.4 Å². The molecule has 0 bridgehead atoms. The van der Waals surface area contributed by atoms with Gasteiger partial charge in [-0.3, -0.25) is 9.67 Å². The molecule has 0 saturated heterocycles. The summed E-state index contributed by atoms with van der Waals surface area (Å²) >= 11 is 1.87. The first kappa shape index (κ1) is 23.8. The quantitative estimate of drug-likeness (QED) is 0.249. The van der Waals surface area contributed by atoms with Crippen LogP contribution in [0.25, 0.3) is 0 Å². The Hall–Kier alpha value is -1.22. The first-order valence-corrected chi connectivity index (χ1v) is 10.2. The highest BCUT2D eigenvalue weighted by atomic mass is 127. The third-order valence-electron chi connectivity index (χ3n) is 4.32. The minimum atomic E-state index is 0. The lowest BCUT2D eigenvalue weighted by molar-refractivity contribution is 0.702.